The Hall–Kier alpha value is -0.650. The molecule has 2 fully saturated rings. The average molecular weight is 269 g/mol. The first-order valence-corrected chi connectivity index (χ1v) is 7.39. The summed E-state index contributed by atoms with van der Waals surface area (Å²) in [5.74, 6) is 0.00301. The minimum absolute atomic E-state index is 0.00301. The number of nitrogens with zero attached hydrogens (tertiary/aromatic N) is 1. The topological polar surface area (TPSA) is 67.6 Å². The molecule has 0 aliphatic carbocycles. The standard InChI is InChI=1S/C14H27N3O2/c1-3-17-8-4-13(2,5-9-17)16-12(18)14(15)6-10-19-11-7-14/h3-11,15H2,1-2H3,(H,16,18). The highest BCUT2D eigenvalue weighted by atomic mass is 16.5. The van der Waals surface area contributed by atoms with Crippen LogP contribution in [0.25, 0.3) is 0 Å². The zero-order valence-electron chi connectivity index (χ0n) is 12.2. The van der Waals surface area contributed by atoms with Gasteiger partial charge in [0.1, 0.15) is 0 Å². The molecule has 0 bridgehead atoms. The molecule has 5 nitrogen and oxygen atoms in total. The van der Waals surface area contributed by atoms with Crippen LogP contribution in [-0.2, 0) is 9.53 Å². The molecule has 3 N–H and O–H groups in total. The quantitative estimate of drug-likeness (QED) is 0.782. The second-order valence-electron chi connectivity index (χ2n) is 6.22. The first kappa shape index (κ1) is 14.8. The molecule has 0 unspecified atom stereocenters. The maximum atomic E-state index is 12.4. The van der Waals surface area contributed by atoms with Gasteiger partial charge in [-0.05, 0) is 39.2 Å². The molecular formula is C14H27N3O2. The van der Waals surface area contributed by atoms with E-state index in [-0.39, 0.29) is 11.4 Å². The van der Waals surface area contributed by atoms with Crippen molar-refractivity contribution in [3.8, 4) is 0 Å². The van der Waals surface area contributed by atoms with Gasteiger partial charge in [-0.2, -0.15) is 0 Å². The molecule has 5 heteroatoms. The van der Waals surface area contributed by atoms with E-state index in [0.717, 1.165) is 32.5 Å². The predicted octanol–water partition coefficient (Wildman–Crippen LogP) is 0.485. The summed E-state index contributed by atoms with van der Waals surface area (Å²) in [7, 11) is 0. The average Bonchev–Trinajstić information content (AvgIpc) is 2.40. The summed E-state index contributed by atoms with van der Waals surface area (Å²) < 4.78 is 5.29. The number of piperidine rings is 1. The molecule has 2 aliphatic rings. The van der Waals surface area contributed by atoms with E-state index in [1.165, 1.54) is 0 Å². The molecule has 0 aromatic carbocycles. The van der Waals surface area contributed by atoms with Gasteiger partial charge in [0.15, 0.2) is 0 Å². The first-order chi connectivity index (χ1) is 8.97. The van der Waals surface area contributed by atoms with E-state index in [0.29, 0.717) is 26.1 Å². The molecule has 2 rings (SSSR count). The van der Waals surface area contributed by atoms with Crippen molar-refractivity contribution in [2.24, 2.45) is 5.73 Å². The Morgan fingerprint density at radius 2 is 1.84 bits per heavy atom. The number of rotatable bonds is 3. The van der Waals surface area contributed by atoms with Crippen molar-refractivity contribution in [2.75, 3.05) is 32.8 Å². The molecule has 0 aromatic heterocycles. The Labute approximate surface area is 115 Å². The van der Waals surface area contributed by atoms with E-state index in [1.807, 2.05) is 0 Å². The third-order valence-corrected chi connectivity index (χ3v) is 4.66. The molecule has 0 saturated carbocycles. The minimum atomic E-state index is -0.733. The van der Waals surface area contributed by atoms with Crippen molar-refractivity contribution in [2.45, 2.75) is 50.6 Å². The number of amides is 1. The number of ether oxygens (including phenoxy) is 1. The Balaban J connectivity index is 1.91. The molecule has 1 amide bonds. The smallest absolute Gasteiger partial charge is 0.240 e. The molecule has 0 atom stereocenters. The summed E-state index contributed by atoms with van der Waals surface area (Å²) >= 11 is 0. The third kappa shape index (κ3) is 3.46. The van der Waals surface area contributed by atoms with Crippen LogP contribution >= 0.6 is 0 Å². The van der Waals surface area contributed by atoms with Crippen LogP contribution in [0, 0.1) is 0 Å². The van der Waals surface area contributed by atoms with Crippen LogP contribution in [0.2, 0.25) is 0 Å². The van der Waals surface area contributed by atoms with E-state index >= 15 is 0 Å². The molecule has 0 spiro atoms. The fourth-order valence-electron chi connectivity index (χ4n) is 2.85. The largest absolute Gasteiger partial charge is 0.381 e. The molecule has 110 valence electrons. The van der Waals surface area contributed by atoms with Crippen molar-refractivity contribution >= 4 is 5.91 Å². The number of hydrogen-bond donors (Lipinski definition) is 2. The first-order valence-electron chi connectivity index (χ1n) is 7.39. The van der Waals surface area contributed by atoms with Gasteiger partial charge >= 0.3 is 0 Å². The van der Waals surface area contributed by atoms with Gasteiger partial charge in [0, 0.05) is 31.8 Å². The SMILES string of the molecule is CCN1CCC(C)(NC(=O)C2(N)CCOCC2)CC1. The van der Waals surface area contributed by atoms with Crippen LogP contribution in [0.1, 0.15) is 39.5 Å². The van der Waals surface area contributed by atoms with Gasteiger partial charge in [-0.15, -0.1) is 0 Å². The lowest BCUT2D eigenvalue weighted by atomic mass is 9.85. The van der Waals surface area contributed by atoms with Crippen molar-refractivity contribution in [1.82, 2.24) is 10.2 Å². The predicted molar refractivity (Wildman–Crippen MR) is 74.9 cm³/mol. The summed E-state index contributed by atoms with van der Waals surface area (Å²) in [5.41, 5.74) is 5.39. The molecule has 19 heavy (non-hydrogen) atoms. The zero-order chi connectivity index (χ0) is 13.9. The van der Waals surface area contributed by atoms with Gasteiger partial charge in [-0.25, -0.2) is 0 Å². The van der Waals surface area contributed by atoms with Crippen molar-refractivity contribution in [3.63, 3.8) is 0 Å². The lowest BCUT2D eigenvalue weighted by Gasteiger charge is -2.42. The zero-order valence-corrected chi connectivity index (χ0v) is 12.2. The number of hydrogen-bond acceptors (Lipinski definition) is 4. The monoisotopic (exact) mass is 269 g/mol. The van der Waals surface area contributed by atoms with Crippen LogP contribution in [0.5, 0.6) is 0 Å². The fraction of sp³-hybridized carbons (Fsp3) is 0.929. The molecular weight excluding hydrogens is 242 g/mol. The summed E-state index contributed by atoms with van der Waals surface area (Å²) in [5, 5.41) is 3.20. The lowest BCUT2D eigenvalue weighted by Crippen LogP contribution is -2.63. The van der Waals surface area contributed by atoms with Gasteiger partial charge in [-0.1, -0.05) is 6.92 Å². The van der Waals surface area contributed by atoms with Gasteiger partial charge in [0.2, 0.25) is 5.91 Å². The van der Waals surface area contributed by atoms with E-state index in [9.17, 15) is 4.79 Å². The molecule has 0 aromatic rings. The Kier molecular flexibility index (Phi) is 4.48. The van der Waals surface area contributed by atoms with Crippen molar-refractivity contribution in [3.05, 3.63) is 0 Å². The van der Waals surface area contributed by atoms with Gasteiger partial charge < -0.3 is 20.7 Å². The van der Waals surface area contributed by atoms with Crippen molar-refractivity contribution in [1.29, 1.82) is 0 Å². The highest BCUT2D eigenvalue weighted by Crippen LogP contribution is 2.24. The van der Waals surface area contributed by atoms with Crippen LogP contribution in [0.4, 0.5) is 0 Å². The Morgan fingerprint density at radius 1 is 1.26 bits per heavy atom. The minimum Gasteiger partial charge on any atom is -0.381 e. The van der Waals surface area contributed by atoms with E-state index in [4.69, 9.17) is 10.5 Å². The molecule has 0 radical (unpaired) electrons. The number of carbonyl (C=O) groups is 1. The molecule has 2 heterocycles. The normalized spacial score (nSPS) is 26.9. The van der Waals surface area contributed by atoms with Crippen LogP contribution in [0.3, 0.4) is 0 Å². The van der Waals surface area contributed by atoms with Gasteiger partial charge in [-0.3, -0.25) is 4.79 Å². The van der Waals surface area contributed by atoms with E-state index < -0.39 is 5.54 Å². The van der Waals surface area contributed by atoms with Gasteiger partial charge in [0.25, 0.3) is 0 Å². The maximum Gasteiger partial charge on any atom is 0.240 e. The summed E-state index contributed by atoms with van der Waals surface area (Å²) in [6, 6.07) is 0. The molecule has 2 saturated heterocycles. The fourth-order valence-corrected chi connectivity index (χ4v) is 2.85. The Bertz CT molecular complexity index is 319. The van der Waals surface area contributed by atoms with Crippen LogP contribution in [-0.4, -0.2) is 54.7 Å². The number of nitrogens with two attached hydrogens (primary N) is 1. The van der Waals surface area contributed by atoms with E-state index in [1.54, 1.807) is 0 Å². The van der Waals surface area contributed by atoms with Crippen LogP contribution < -0.4 is 11.1 Å². The number of carbonyl (C=O) groups excluding carboxylic acids is 1. The van der Waals surface area contributed by atoms with E-state index in [2.05, 4.69) is 24.1 Å². The highest BCUT2D eigenvalue weighted by molar-refractivity contribution is 5.86. The third-order valence-electron chi connectivity index (χ3n) is 4.66. The van der Waals surface area contributed by atoms with Crippen molar-refractivity contribution < 1.29 is 9.53 Å². The highest BCUT2D eigenvalue weighted by Gasteiger charge is 2.40. The van der Waals surface area contributed by atoms with Crippen LogP contribution in [0.15, 0.2) is 0 Å². The summed E-state index contributed by atoms with van der Waals surface area (Å²) in [4.78, 5) is 14.9. The maximum absolute atomic E-state index is 12.4. The second kappa shape index (κ2) is 5.77. The Morgan fingerprint density at radius 3 is 2.37 bits per heavy atom. The summed E-state index contributed by atoms with van der Waals surface area (Å²) in [6.45, 7) is 8.68. The number of nitrogens with one attached hydrogen (secondary N) is 1. The van der Waals surface area contributed by atoms with Gasteiger partial charge in [0.05, 0.1) is 5.54 Å². The lowest BCUT2D eigenvalue weighted by molar-refractivity contribution is -0.132. The second-order valence-corrected chi connectivity index (χ2v) is 6.22. The summed E-state index contributed by atoms with van der Waals surface area (Å²) in [6.07, 6.45) is 3.24. The number of likely N-dealkylation sites (tertiary alicyclic amines) is 1. The molecule has 2 aliphatic heterocycles.